The third-order valence-corrected chi connectivity index (χ3v) is 6.62. The van der Waals surface area contributed by atoms with E-state index in [2.05, 4.69) is 40.5 Å². The number of pyridine rings is 4. The molecule has 0 amide bonds. The van der Waals surface area contributed by atoms with Crippen molar-refractivity contribution in [1.29, 1.82) is 0 Å². The maximum absolute atomic E-state index is 9.88. The molecule has 2 aromatic carbocycles. The summed E-state index contributed by atoms with van der Waals surface area (Å²) in [6.07, 6.45) is 7.07. The van der Waals surface area contributed by atoms with Gasteiger partial charge in [0.1, 0.15) is 0 Å². The molecular formula is C35H27ClN8ORuS+2. The molecule has 0 saturated heterocycles. The Morgan fingerprint density at radius 2 is 1.09 bits per heavy atom. The zero-order valence-electron chi connectivity index (χ0n) is 24.6. The molecule has 0 aliphatic carbocycles. The number of para-hydroxylation sites is 1. The van der Waals surface area contributed by atoms with Gasteiger partial charge in [-0.15, -0.1) is 10.2 Å². The van der Waals surface area contributed by atoms with Gasteiger partial charge in [0.2, 0.25) is 11.0 Å². The Labute approximate surface area is 294 Å². The fourth-order valence-electron chi connectivity index (χ4n) is 4.05. The van der Waals surface area contributed by atoms with E-state index in [1.807, 2.05) is 97.1 Å². The average molecular weight is 744 g/mol. The minimum atomic E-state index is -0.0424. The van der Waals surface area contributed by atoms with E-state index in [-0.39, 0.29) is 30.5 Å². The van der Waals surface area contributed by atoms with Crippen molar-refractivity contribution in [1.82, 2.24) is 24.9 Å². The second-order valence-electron chi connectivity index (χ2n) is 9.36. The molecule has 5 heterocycles. The van der Waals surface area contributed by atoms with Crippen molar-refractivity contribution in [2.24, 2.45) is 10.2 Å². The van der Waals surface area contributed by atoms with Crippen LogP contribution in [0.4, 0.5) is 11.4 Å². The van der Waals surface area contributed by atoms with Gasteiger partial charge in [-0.1, -0.05) is 54.1 Å². The Kier molecular flexibility index (Phi) is 13.3. The van der Waals surface area contributed by atoms with Gasteiger partial charge in [0.05, 0.1) is 28.3 Å². The van der Waals surface area contributed by atoms with Crippen LogP contribution in [0.1, 0.15) is 0 Å². The molecule has 7 rings (SSSR count). The van der Waals surface area contributed by atoms with Crippen molar-refractivity contribution >= 4 is 51.2 Å². The SMILES string of the molecule is Oc1[nH]c2ccccc2c1N=NC(=S)Nc1ccc(Cl)cc1.[Ru+2].c1ccc(-c2ccccn2)nc1.c1ccc(-c2ccccn2)nc1. The van der Waals surface area contributed by atoms with Crippen LogP contribution in [0.15, 0.2) is 156 Å². The summed E-state index contributed by atoms with van der Waals surface area (Å²) in [4.78, 5) is 19.6. The molecule has 0 aliphatic heterocycles. The minimum absolute atomic E-state index is 0. The number of halogens is 1. The Bertz CT molecular complexity index is 1850. The summed E-state index contributed by atoms with van der Waals surface area (Å²) in [7, 11) is 0. The quantitative estimate of drug-likeness (QED) is 0.0933. The van der Waals surface area contributed by atoms with E-state index < -0.39 is 0 Å². The van der Waals surface area contributed by atoms with Gasteiger partial charge >= 0.3 is 19.5 Å². The van der Waals surface area contributed by atoms with Gasteiger partial charge in [-0.25, -0.2) is 0 Å². The summed E-state index contributed by atoms with van der Waals surface area (Å²) < 4.78 is 0. The van der Waals surface area contributed by atoms with Gasteiger partial charge in [0.25, 0.3) is 0 Å². The first-order valence-electron chi connectivity index (χ1n) is 14.0. The number of rotatable bonds is 4. The van der Waals surface area contributed by atoms with Crippen LogP contribution >= 0.6 is 23.8 Å². The van der Waals surface area contributed by atoms with E-state index in [1.165, 1.54) is 0 Å². The molecule has 0 radical (unpaired) electrons. The molecule has 0 unspecified atom stereocenters. The first kappa shape index (κ1) is 34.7. The molecule has 5 aromatic heterocycles. The van der Waals surface area contributed by atoms with Crippen molar-refractivity contribution in [3.8, 4) is 28.7 Å². The largest absolute Gasteiger partial charge is 2.00 e. The van der Waals surface area contributed by atoms with E-state index in [1.54, 1.807) is 49.1 Å². The minimum Gasteiger partial charge on any atom is -0.493 e. The molecule has 3 N–H and O–H groups in total. The van der Waals surface area contributed by atoms with Gasteiger partial charge in [0, 0.05) is 40.9 Å². The number of aromatic amines is 1. The van der Waals surface area contributed by atoms with Gasteiger partial charge in [-0.2, -0.15) is 0 Å². The maximum Gasteiger partial charge on any atom is 2.00 e. The van der Waals surface area contributed by atoms with E-state index >= 15 is 0 Å². The van der Waals surface area contributed by atoms with E-state index in [0.29, 0.717) is 10.7 Å². The second kappa shape index (κ2) is 18.1. The fourth-order valence-corrected chi connectivity index (χ4v) is 4.33. The molecule has 0 atom stereocenters. The number of hydrogen-bond acceptors (Lipinski definition) is 7. The molecule has 7 aromatic rings. The van der Waals surface area contributed by atoms with Gasteiger partial charge in [-0.05, 0) is 91.1 Å². The molecule has 232 valence electrons. The van der Waals surface area contributed by atoms with E-state index in [9.17, 15) is 5.11 Å². The van der Waals surface area contributed by atoms with Crippen molar-refractivity contribution in [2.45, 2.75) is 0 Å². The molecule has 12 heteroatoms. The first-order chi connectivity index (χ1) is 22.6. The number of nitrogens with zero attached hydrogens (tertiary/aromatic N) is 6. The monoisotopic (exact) mass is 744 g/mol. The van der Waals surface area contributed by atoms with Gasteiger partial charge in [0.15, 0.2) is 5.69 Å². The number of aromatic nitrogens is 5. The Morgan fingerprint density at radius 3 is 1.53 bits per heavy atom. The van der Waals surface area contributed by atoms with Gasteiger partial charge < -0.3 is 15.4 Å². The van der Waals surface area contributed by atoms with Crippen LogP contribution < -0.4 is 5.32 Å². The number of benzene rings is 2. The first-order valence-corrected chi connectivity index (χ1v) is 14.8. The Morgan fingerprint density at radius 1 is 0.638 bits per heavy atom. The van der Waals surface area contributed by atoms with Crippen LogP contribution in [0.25, 0.3) is 33.7 Å². The molecule has 9 nitrogen and oxygen atoms in total. The van der Waals surface area contributed by atoms with Crippen LogP contribution in [0.3, 0.4) is 0 Å². The molecule has 0 bridgehead atoms. The topological polar surface area (TPSA) is 124 Å². The summed E-state index contributed by atoms with van der Waals surface area (Å²) in [6, 6.07) is 37.7. The second-order valence-corrected chi connectivity index (χ2v) is 10.2. The predicted octanol–water partition coefficient (Wildman–Crippen LogP) is 9.29. The Balaban J connectivity index is 0.000000170. The number of nitrogens with one attached hydrogen (secondary N) is 2. The van der Waals surface area contributed by atoms with Crippen LogP contribution in [-0.2, 0) is 19.5 Å². The van der Waals surface area contributed by atoms with Crippen molar-refractivity contribution in [3.63, 3.8) is 0 Å². The number of H-pyrrole nitrogens is 1. The summed E-state index contributed by atoms with van der Waals surface area (Å²) in [5.41, 5.74) is 5.56. The summed E-state index contributed by atoms with van der Waals surface area (Å²) in [5, 5.41) is 22.4. The van der Waals surface area contributed by atoms with Crippen molar-refractivity contribution < 1.29 is 24.6 Å². The van der Waals surface area contributed by atoms with Crippen molar-refractivity contribution in [2.75, 3.05) is 5.32 Å². The molecule has 0 aliphatic rings. The summed E-state index contributed by atoms with van der Waals surface area (Å²) in [5.74, 6) is -0.0424. The third kappa shape index (κ3) is 10.4. The fraction of sp³-hybridized carbons (Fsp3) is 0. The third-order valence-electron chi connectivity index (χ3n) is 6.18. The van der Waals surface area contributed by atoms with E-state index in [0.717, 1.165) is 39.4 Å². The molecule has 0 spiro atoms. The zero-order valence-corrected chi connectivity index (χ0v) is 27.9. The molecule has 0 saturated carbocycles. The number of fused-ring (bicyclic) bond motifs is 1. The van der Waals surface area contributed by atoms with Gasteiger partial charge in [-0.3, -0.25) is 19.9 Å². The summed E-state index contributed by atoms with van der Waals surface area (Å²) in [6.45, 7) is 0. The zero-order chi connectivity index (χ0) is 32.0. The number of thiocarbonyl (C=S) groups is 1. The summed E-state index contributed by atoms with van der Waals surface area (Å²) >= 11 is 10.9. The standard InChI is InChI=1S/C15H11ClN4OS.2C10H8N2.Ru/c16-9-5-7-10(8-6-9)17-15(22)20-19-13-11-3-1-2-4-12(11)18-14(13)21;2*1-3-7-11-9(5-1)10-6-2-4-8-12-10;/h1-8,18,21H,(H,17,22);2*1-8H;/q;;;+2. The normalized spacial score (nSPS) is 10.1. The van der Waals surface area contributed by atoms with Crippen LogP contribution in [0.2, 0.25) is 5.02 Å². The molecular weight excluding hydrogens is 717 g/mol. The smallest absolute Gasteiger partial charge is 0.493 e. The number of hydrogen-bond donors (Lipinski definition) is 3. The van der Waals surface area contributed by atoms with E-state index in [4.69, 9.17) is 23.8 Å². The average Bonchev–Trinajstić information content (AvgIpc) is 3.45. The van der Waals surface area contributed by atoms with Crippen molar-refractivity contribution in [3.05, 3.63) is 151 Å². The molecule has 47 heavy (non-hydrogen) atoms. The van der Waals surface area contributed by atoms with Crippen LogP contribution in [0.5, 0.6) is 5.88 Å². The van der Waals surface area contributed by atoms with Crippen LogP contribution in [-0.4, -0.2) is 35.1 Å². The number of aromatic hydroxyl groups is 1. The maximum atomic E-state index is 9.88. The predicted molar refractivity (Wildman–Crippen MR) is 187 cm³/mol. The van der Waals surface area contributed by atoms with Crippen LogP contribution in [0, 0.1) is 0 Å². The Hall–Kier alpha value is -5.22. The number of azo groups is 1. The number of anilines is 1. The molecule has 0 fully saturated rings.